The van der Waals surface area contributed by atoms with E-state index in [4.69, 9.17) is 14.2 Å². The minimum atomic E-state index is -1.36. The Morgan fingerprint density at radius 3 is 1.92 bits per heavy atom. The zero-order valence-electron chi connectivity index (χ0n) is 23.2. The van der Waals surface area contributed by atoms with Gasteiger partial charge in [-0.05, 0) is 17.2 Å². The Morgan fingerprint density at radius 1 is 0.895 bits per heavy atom. The van der Waals surface area contributed by atoms with Crippen LogP contribution in [0.15, 0.2) is 60.7 Å². The van der Waals surface area contributed by atoms with Crippen LogP contribution in [0.3, 0.4) is 0 Å². The molecule has 0 aliphatic carbocycles. The van der Waals surface area contributed by atoms with Gasteiger partial charge in [0.05, 0.1) is 25.2 Å². The van der Waals surface area contributed by atoms with Crippen LogP contribution in [0.2, 0.25) is 25.7 Å². The van der Waals surface area contributed by atoms with Gasteiger partial charge in [0.15, 0.2) is 0 Å². The highest BCUT2D eigenvalue weighted by Gasteiger charge is 2.56. The SMILES string of the molecule is C[Si](C)(C)CCOCOC(C(=O)OC1CC2CCC(C1)[N+]21CCCC1)(c1ccccc1)c1ccccc1.[Cl-]. The van der Waals surface area contributed by atoms with Gasteiger partial charge < -0.3 is 31.1 Å². The van der Waals surface area contributed by atoms with E-state index in [-0.39, 0.29) is 31.3 Å². The summed E-state index contributed by atoms with van der Waals surface area (Å²) in [5.41, 5.74) is 0.196. The van der Waals surface area contributed by atoms with Gasteiger partial charge in [-0.15, -0.1) is 0 Å². The van der Waals surface area contributed by atoms with Crippen LogP contribution in [0.25, 0.3) is 0 Å². The molecule has 3 aliphatic heterocycles. The van der Waals surface area contributed by atoms with Crippen LogP contribution in [-0.4, -0.2) is 63.2 Å². The molecule has 0 radical (unpaired) electrons. The van der Waals surface area contributed by atoms with E-state index in [0.717, 1.165) is 30.0 Å². The second-order valence-corrected chi connectivity index (χ2v) is 18.2. The highest BCUT2D eigenvalue weighted by Crippen LogP contribution is 2.47. The molecule has 0 N–H and O–H groups in total. The highest BCUT2D eigenvalue weighted by molar-refractivity contribution is 6.76. The molecule has 3 saturated heterocycles. The molecule has 7 heteroatoms. The maximum absolute atomic E-state index is 14.3. The zero-order chi connectivity index (χ0) is 25.9. The van der Waals surface area contributed by atoms with Crippen molar-refractivity contribution in [1.29, 1.82) is 0 Å². The molecule has 3 fully saturated rings. The third-order valence-electron chi connectivity index (χ3n) is 9.03. The number of carbonyl (C=O) groups excluding carboxylic acids is 1. The van der Waals surface area contributed by atoms with E-state index >= 15 is 0 Å². The van der Waals surface area contributed by atoms with Gasteiger partial charge in [-0.3, -0.25) is 0 Å². The van der Waals surface area contributed by atoms with Crippen molar-refractivity contribution in [1.82, 2.24) is 0 Å². The van der Waals surface area contributed by atoms with Crippen LogP contribution in [0, 0.1) is 0 Å². The number of ether oxygens (including phenoxy) is 3. The smallest absolute Gasteiger partial charge is 0.348 e. The van der Waals surface area contributed by atoms with Gasteiger partial charge in [-0.25, -0.2) is 4.79 Å². The van der Waals surface area contributed by atoms with Gasteiger partial charge in [-0.1, -0.05) is 80.3 Å². The Balaban J connectivity index is 0.00000336. The minimum Gasteiger partial charge on any atom is -1.00 e. The lowest BCUT2D eigenvalue weighted by atomic mass is 9.85. The maximum atomic E-state index is 14.3. The van der Waals surface area contributed by atoms with E-state index in [1.807, 2.05) is 60.7 Å². The number of carbonyl (C=O) groups is 1. The van der Waals surface area contributed by atoms with Gasteiger partial charge in [0, 0.05) is 53.2 Å². The summed E-state index contributed by atoms with van der Waals surface area (Å²) in [5, 5.41) is 0. The van der Waals surface area contributed by atoms with Crippen LogP contribution < -0.4 is 12.4 Å². The fourth-order valence-corrected chi connectivity index (χ4v) is 7.84. The van der Waals surface area contributed by atoms with Crippen molar-refractivity contribution in [3.8, 4) is 0 Å². The second-order valence-electron chi connectivity index (χ2n) is 12.5. The largest absolute Gasteiger partial charge is 1.00 e. The lowest BCUT2D eigenvalue weighted by molar-refractivity contribution is -0.956. The van der Waals surface area contributed by atoms with Crippen molar-refractivity contribution < 1.29 is 35.9 Å². The molecule has 1 spiro atoms. The fraction of sp³-hybridized carbons (Fsp3) is 0.581. The van der Waals surface area contributed by atoms with Gasteiger partial charge in [0.1, 0.15) is 12.9 Å². The molecule has 2 atom stereocenters. The van der Waals surface area contributed by atoms with Gasteiger partial charge in [0.2, 0.25) is 5.60 Å². The lowest BCUT2D eigenvalue weighted by Crippen LogP contribution is -3.00. The van der Waals surface area contributed by atoms with Crippen LogP contribution in [0.5, 0.6) is 0 Å². The Bertz CT molecular complexity index is 983. The first kappa shape index (κ1) is 29.3. The molecule has 2 aromatic rings. The van der Waals surface area contributed by atoms with Gasteiger partial charge in [-0.2, -0.15) is 0 Å². The number of quaternary nitrogens is 1. The van der Waals surface area contributed by atoms with Crippen molar-refractivity contribution in [3.63, 3.8) is 0 Å². The molecule has 3 heterocycles. The van der Waals surface area contributed by atoms with Crippen LogP contribution in [0.1, 0.15) is 49.7 Å². The maximum Gasteiger partial charge on any atom is 0.348 e. The number of hydrogen-bond acceptors (Lipinski definition) is 4. The molecular formula is C31H44ClNO4Si. The standard InChI is InChI=1S/C31H44NO4Si.ClH/c1-37(2,3)21-20-34-24-35-31(25-12-6-4-7-13-25,26-14-8-5-9-15-26)30(33)36-29-22-27-16-17-28(23-29)32(27)18-10-11-19-32;/h4-9,12-15,27-29H,10-11,16-24H2,1-3H3;1H/q+1;/p-1. The summed E-state index contributed by atoms with van der Waals surface area (Å²) in [6.07, 6.45) is 7.09. The molecule has 0 saturated carbocycles. The Kier molecular flexibility index (Phi) is 9.41. The number of halogens is 1. The predicted molar refractivity (Wildman–Crippen MR) is 149 cm³/mol. The van der Waals surface area contributed by atoms with Crippen molar-refractivity contribution >= 4 is 14.0 Å². The number of piperidine rings is 1. The van der Waals surface area contributed by atoms with Gasteiger partial charge >= 0.3 is 5.97 Å². The zero-order valence-corrected chi connectivity index (χ0v) is 25.0. The van der Waals surface area contributed by atoms with E-state index in [1.54, 1.807) is 0 Å². The Labute approximate surface area is 235 Å². The first-order valence-corrected chi connectivity index (χ1v) is 17.9. The molecule has 0 aromatic heterocycles. The molecule has 3 aliphatic rings. The molecule has 2 bridgehead atoms. The molecular weight excluding hydrogens is 514 g/mol. The summed E-state index contributed by atoms with van der Waals surface area (Å²) < 4.78 is 20.2. The molecule has 208 valence electrons. The summed E-state index contributed by atoms with van der Waals surface area (Å²) in [6.45, 7) is 10.3. The van der Waals surface area contributed by atoms with Crippen molar-refractivity contribution in [2.45, 2.75) is 88.0 Å². The topological polar surface area (TPSA) is 44.8 Å². The van der Waals surface area contributed by atoms with Gasteiger partial charge in [0.25, 0.3) is 0 Å². The quantitative estimate of drug-likeness (QED) is 0.148. The first-order valence-electron chi connectivity index (χ1n) is 14.2. The average molecular weight is 558 g/mol. The predicted octanol–water partition coefficient (Wildman–Crippen LogP) is 3.11. The molecule has 5 nitrogen and oxygen atoms in total. The number of rotatable bonds is 10. The normalized spacial score (nSPS) is 24.2. The number of esters is 1. The van der Waals surface area contributed by atoms with Crippen molar-refractivity contribution in [2.75, 3.05) is 26.5 Å². The van der Waals surface area contributed by atoms with Crippen molar-refractivity contribution in [2.24, 2.45) is 0 Å². The minimum absolute atomic E-state index is 0. The van der Waals surface area contributed by atoms with Crippen LogP contribution in [0.4, 0.5) is 0 Å². The Hall–Kier alpha value is -1.70. The third-order valence-corrected chi connectivity index (χ3v) is 10.7. The summed E-state index contributed by atoms with van der Waals surface area (Å²) in [6, 6.07) is 21.9. The molecule has 2 aromatic carbocycles. The number of nitrogens with zero attached hydrogens (tertiary/aromatic N) is 1. The lowest BCUT2D eigenvalue weighted by Gasteiger charge is -2.47. The van der Waals surface area contributed by atoms with Crippen molar-refractivity contribution in [3.05, 3.63) is 71.8 Å². The summed E-state index contributed by atoms with van der Waals surface area (Å²) in [5.74, 6) is -0.321. The monoisotopic (exact) mass is 557 g/mol. The summed E-state index contributed by atoms with van der Waals surface area (Å²) in [7, 11) is -1.23. The second kappa shape index (κ2) is 12.2. The van der Waals surface area contributed by atoms with E-state index in [0.29, 0.717) is 18.7 Å². The number of benzene rings is 2. The van der Waals surface area contributed by atoms with E-state index in [1.165, 1.54) is 43.3 Å². The highest BCUT2D eigenvalue weighted by atomic mass is 35.5. The Morgan fingerprint density at radius 2 is 1.42 bits per heavy atom. The first-order chi connectivity index (χ1) is 17.8. The third kappa shape index (κ3) is 5.90. The molecule has 5 rings (SSSR count). The van der Waals surface area contributed by atoms with E-state index in [9.17, 15) is 4.79 Å². The average Bonchev–Trinajstić information content (AvgIpc) is 3.43. The van der Waals surface area contributed by atoms with E-state index in [2.05, 4.69) is 19.6 Å². The summed E-state index contributed by atoms with van der Waals surface area (Å²) >= 11 is 0. The summed E-state index contributed by atoms with van der Waals surface area (Å²) in [4.78, 5) is 14.3. The van der Waals surface area contributed by atoms with Crippen LogP contribution in [-0.2, 0) is 24.6 Å². The molecule has 38 heavy (non-hydrogen) atoms. The van der Waals surface area contributed by atoms with Crippen LogP contribution >= 0.6 is 0 Å². The fourth-order valence-electron chi connectivity index (χ4n) is 7.08. The van der Waals surface area contributed by atoms with E-state index < -0.39 is 13.7 Å². The number of hydrogen-bond donors (Lipinski definition) is 0. The molecule has 2 unspecified atom stereocenters. The molecule has 0 amide bonds.